The van der Waals surface area contributed by atoms with E-state index in [1.807, 2.05) is 4.90 Å². The van der Waals surface area contributed by atoms with Gasteiger partial charge >= 0.3 is 0 Å². The predicted octanol–water partition coefficient (Wildman–Crippen LogP) is 1.85. The quantitative estimate of drug-likeness (QED) is 0.673. The van der Waals surface area contributed by atoms with Crippen LogP contribution in [0.4, 0.5) is 0 Å². The lowest BCUT2D eigenvalue weighted by molar-refractivity contribution is -0.908. The second-order valence-corrected chi connectivity index (χ2v) is 5.75. The van der Waals surface area contributed by atoms with E-state index >= 15 is 0 Å². The molecule has 0 aromatic carbocycles. The maximum Gasteiger partial charge on any atom is 0.0799 e. The van der Waals surface area contributed by atoms with Crippen molar-refractivity contribution in [1.82, 2.24) is 0 Å². The molecule has 0 aromatic heterocycles. The highest BCUT2D eigenvalue weighted by Crippen LogP contribution is 2.26. The Morgan fingerprint density at radius 1 is 0.929 bits per heavy atom. The molecule has 0 amide bonds. The SMILES string of the molecule is ClC1CCC(C[NH+]2CCCCC2)CC1. The third-order valence-corrected chi connectivity index (χ3v) is 4.35. The average Bonchev–Trinajstić information content (AvgIpc) is 2.23. The molecule has 1 saturated carbocycles. The zero-order valence-electron chi connectivity index (χ0n) is 9.10. The van der Waals surface area contributed by atoms with Crippen molar-refractivity contribution in [3.63, 3.8) is 0 Å². The number of piperidine rings is 1. The molecule has 0 radical (unpaired) electrons. The smallest absolute Gasteiger partial charge is 0.0799 e. The van der Waals surface area contributed by atoms with Crippen molar-refractivity contribution in [3.05, 3.63) is 0 Å². The molecular formula is C12H23ClN+. The Balaban J connectivity index is 1.68. The van der Waals surface area contributed by atoms with Crippen LogP contribution in [-0.4, -0.2) is 25.0 Å². The Hall–Kier alpha value is 0.250. The highest BCUT2D eigenvalue weighted by atomic mass is 35.5. The zero-order chi connectivity index (χ0) is 9.80. The van der Waals surface area contributed by atoms with Crippen molar-refractivity contribution in [2.75, 3.05) is 19.6 Å². The number of quaternary nitrogens is 1. The first-order chi connectivity index (χ1) is 6.84. The zero-order valence-corrected chi connectivity index (χ0v) is 9.86. The van der Waals surface area contributed by atoms with E-state index in [0.29, 0.717) is 5.38 Å². The van der Waals surface area contributed by atoms with Gasteiger partial charge in [0.15, 0.2) is 0 Å². The van der Waals surface area contributed by atoms with E-state index in [4.69, 9.17) is 11.6 Å². The molecule has 0 aromatic rings. The minimum absolute atomic E-state index is 0.489. The number of likely N-dealkylation sites (tertiary alicyclic amines) is 1. The summed E-state index contributed by atoms with van der Waals surface area (Å²) >= 11 is 6.12. The fourth-order valence-corrected chi connectivity index (χ4v) is 3.24. The van der Waals surface area contributed by atoms with Gasteiger partial charge in [-0.2, -0.15) is 0 Å². The summed E-state index contributed by atoms with van der Waals surface area (Å²) in [5.41, 5.74) is 0. The van der Waals surface area contributed by atoms with Crippen LogP contribution < -0.4 is 4.90 Å². The minimum atomic E-state index is 0.489. The van der Waals surface area contributed by atoms with Gasteiger partial charge < -0.3 is 4.90 Å². The molecule has 1 heterocycles. The molecule has 2 rings (SSSR count). The minimum Gasteiger partial charge on any atom is -0.335 e. The first kappa shape index (κ1) is 10.8. The summed E-state index contributed by atoms with van der Waals surface area (Å²) in [7, 11) is 0. The predicted molar refractivity (Wildman–Crippen MR) is 61.0 cm³/mol. The number of hydrogen-bond donors (Lipinski definition) is 1. The van der Waals surface area contributed by atoms with Crippen LogP contribution in [0.2, 0.25) is 0 Å². The third kappa shape index (κ3) is 3.13. The van der Waals surface area contributed by atoms with E-state index < -0.39 is 0 Å². The summed E-state index contributed by atoms with van der Waals surface area (Å²) in [5, 5.41) is 0.489. The third-order valence-electron chi connectivity index (χ3n) is 3.91. The fraction of sp³-hybridized carbons (Fsp3) is 1.00. The maximum absolute atomic E-state index is 6.12. The van der Waals surface area contributed by atoms with E-state index in [2.05, 4.69) is 0 Å². The maximum atomic E-state index is 6.12. The molecule has 1 aliphatic heterocycles. The molecule has 2 fully saturated rings. The summed E-state index contributed by atoms with van der Waals surface area (Å²) in [6.07, 6.45) is 9.69. The Morgan fingerprint density at radius 2 is 1.57 bits per heavy atom. The van der Waals surface area contributed by atoms with Crippen LogP contribution in [-0.2, 0) is 0 Å². The van der Waals surface area contributed by atoms with Gasteiger partial charge in [0.25, 0.3) is 0 Å². The lowest BCUT2D eigenvalue weighted by atomic mass is 9.88. The summed E-state index contributed by atoms with van der Waals surface area (Å²) < 4.78 is 0. The van der Waals surface area contributed by atoms with Gasteiger partial charge in [-0.15, -0.1) is 11.6 Å². The summed E-state index contributed by atoms with van der Waals surface area (Å²) in [5.74, 6) is 0.984. The molecule has 82 valence electrons. The summed E-state index contributed by atoms with van der Waals surface area (Å²) in [6, 6.07) is 0. The van der Waals surface area contributed by atoms with Gasteiger partial charge in [0.2, 0.25) is 0 Å². The molecular weight excluding hydrogens is 194 g/mol. The van der Waals surface area contributed by atoms with Crippen LogP contribution in [0.5, 0.6) is 0 Å². The topological polar surface area (TPSA) is 4.44 Å². The van der Waals surface area contributed by atoms with Crippen LogP contribution in [0.15, 0.2) is 0 Å². The van der Waals surface area contributed by atoms with Crippen LogP contribution >= 0.6 is 11.6 Å². The molecule has 1 nitrogen and oxygen atoms in total. The van der Waals surface area contributed by atoms with Gasteiger partial charge in [-0.1, -0.05) is 0 Å². The number of nitrogens with one attached hydrogen (secondary N) is 1. The van der Waals surface area contributed by atoms with Gasteiger partial charge in [-0.25, -0.2) is 0 Å². The Morgan fingerprint density at radius 3 is 2.21 bits per heavy atom. The monoisotopic (exact) mass is 216 g/mol. The summed E-state index contributed by atoms with van der Waals surface area (Å²) in [4.78, 5) is 1.87. The lowest BCUT2D eigenvalue weighted by Crippen LogP contribution is -3.13. The number of alkyl halides is 1. The second-order valence-electron chi connectivity index (χ2n) is 5.13. The lowest BCUT2D eigenvalue weighted by Gasteiger charge is -2.30. The van der Waals surface area contributed by atoms with Crippen molar-refractivity contribution in [2.45, 2.75) is 50.3 Å². The normalized spacial score (nSPS) is 35.8. The highest BCUT2D eigenvalue weighted by molar-refractivity contribution is 6.20. The first-order valence-electron chi connectivity index (χ1n) is 6.32. The molecule has 0 spiro atoms. The molecule has 0 unspecified atom stereocenters. The van der Waals surface area contributed by atoms with E-state index in [1.54, 1.807) is 0 Å². The number of halogens is 1. The van der Waals surface area contributed by atoms with Crippen molar-refractivity contribution in [3.8, 4) is 0 Å². The number of hydrogen-bond acceptors (Lipinski definition) is 0. The molecule has 2 aliphatic rings. The van der Waals surface area contributed by atoms with Crippen LogP contribution in [0, 0.1) is 5.92 Å². The molecule has 1 saturated heterocycles. The van der Waals surface area contributed by atoms with Crippen molar-refractivity contribution >= 4 is 11.6 Å². The van der Waals surface area contributed by atoms with Crippen LogP contribution in [0.25, 0.3) is 0 Å². The van der Waals surface area contributed by atoms with Crippen LogP contribution in [0.1, 0.15) is 44.9 Å². The van der Waals surface area contributed by atoms with Crippen molar-refractivity contribution in [1.29, 1.82) is 0 Å². The van der Waals surface area contributed by atoms with Gasteiger partial charge in [0, 0.05) is 11.3 Å². The van der Waals surface area contributed by atoms with E-state index in [9.17, 15) is 0 Å². The van der Waals surface area contributed by atoms with Crippen molar-refractivity contribution in [2.24, 2.45) is 5.92 Å². The van der Waals surface area contributed by atoms with E-state index in [1.165, 1.54) is 64.6 Å². The highest BCUT2D eigenvalue weighted by Gasteiger charge is 2.24. The van der Waals surface area contributed by atoms with Crippen LogP contribution in [0.3, 0.4) is 0 Å². The van der Waals surface area contributed by atoms with Gasteiger partial charge in [-0.05, 0) is 44.9 Å². The van der Waals surface area contributed by atoms with Crippen molar-refractivity contribution < 1.29 is 4.90 Å². The van der Waals surface area contributed by atoms with Gasteiger partial charge in [-0.3, -0.25) is 0 Å². The van der Waals surface area contributed by atoms with Gasteiger partial charge in [0.1, 0.15) is 0 Å². The standard InChI is InChI=1S/C12H22ClN/c13-12-6-4-11(5-7-12)10-14-8-2-1-3-9-14/h11-12H,1-10H2/p+1. The average molecular weight is 217 g/mol. The van der Waals surface area contributed by atoms with E-state index in [0.717, 1.165) is 5.92 Å². The Labute approximate surface area is 92.8 Å². The Kier molecular flexibility index (Phi) is 4.12. The number of rotatable bonds is 2. The molecule has 1 aliphatic carbocycles. The molecule has 0 bridgehead atoms. The first-order valence-corrected chi connectivity index (χ1v) is 6.76. The van der Waals surface area contributed by atoms with E-state index in [-0.39, 0.29) is 0 Å². The molecule has 1 N–H and O–H groups in total. The molecule has 14 heavy (non-hydrogen) atoms. The molecule has 2 heteroatoms. The summed E-state index contributed by atoms with van der Waals surface area (Å²) in [6.45, 7) is 4.30. The van der Waals surface area contributed by atoms with Gasteiger partial charge in [0.05, 0.1) is 19.6 Å². The largest absolute Gasteiger partial charge is 0.335 e. The fourth-order valence-electron chi connectivity index (χ4n) is 2.99. The Bertz CT molecular complexity index is 158. The second kappa shape index (κ2) is 5.37. The molecule has 0 atom stereocenters.